The van der Waals surface area contributed by atoms with Gasteiger partial charge in [0.1, 0.15) is 11.5 Å². The zero-order valence-corrected chi connectivity index (χ0v) is 11.0. The van der Waals surface area contributed by atoms with Gasteiger partial charge in [-0.3, -0.25) is 4.79 Å². The maximum Gasteiger partial charge on any atom is 0.255 e. The number of sulfone groups is 1. The Bertz CT molecular complexity index is 636. The lowest BCUT2D eigenvalue weighted by molar-refractivity contribution is 0.0944. The van der Waals surface area contributed by atoms with Crippen LogP contribution < -0.4 is 10.1 Å². The van der Waals surface area contributed by atoms with E-state index in [1.54, 1.807) is 0 Å². The van der Waals surface area contributed by atoms with Gasteiger partial charge in [-0.15, -0.1) is 0 Å². The van der Waals surface area contributed by atoms with Gasteiger partial charge in [0, 0.05) is 5.41 Å². The number of hydrogen-bond acceptors (Lipinski definition) is 5. The fourth-order valence-corrected chi connectivity index (χ4v) is 2.97. The highest BCUT2D eigenvalue weighted by Gasteiger charge is 2.24. The van der Waals surface area contributed by atoms with E-state index < -0.39 is 21.8 Å². The van der Waals surface area contributed by atoms with E-state index in [4.69, 9.17) is 4.74 Å². The number of phenols is 1. The zero-order chi connectivity index (χ0) is 14.0. The molecule has 0 bridgehead atoms. The number of ether oxygens (including phenoxy) is 1. The number of benzene rings is 1. The van der Waals surface area contributed by atoms with E-state index in [1.807, 2.05) is 0 Å². The van der Waals surface area contributed by atoms with Crippen molar-refractivity contribution >= 4 is 15.7 Å². The molecule has 0 aromatic heterocycles. The van der Waals surface area contributed by atoms with Gasteiger partial charge in [-0.2, -0.15) is 0 Å². The Morgan fingerprint density at radius 2 is 2.21 bits per heavy atom. The van der Waals surface area contributed by atoms with Gasteiger partial charge in [0.25, 0.3) is 5.91 Å². The minimum Gasteiger partial charge on any atom is -0.507 e. The molecule has 7 heteroatoms. The summed E-state index contributed by atoms with van der Waals surface area (Å²) < 4.78 is 27.4. The lowest BCUT2D eigenvalue weighted by atomic mass is 10.1. The molecule has 1 aliphatic rings. The van der Waals surface area contributed by atoms with E-state index in [1.165, 1.54) is 31.4 Å². The molecule has 0 aliphatic carbocycles. The number of aromatic hydroxyl groups is 1. The van der Waals surface area contributed by atoms with Crippen molar-refractivity contribution in [3.8, 4) is 11.5 Å². The molecule has 6 nitrogen and oxygen atoms in total. The molecule has 0 spiro atoms. The van der Waals surface area contributed by atoms with Crippen LogP contribution in [0.5, 0.6) is 11.5 Å². The quantitative estimate of drug-likeness (QED) is 0.839. The molecule has 1 heterocycles. The van der Waals surface area contributed by atoms with Crippen LogP contribution in [0, 0.1) is 0 Å². The highest BCUT2D eigenvalue weighted by molar-refractivity contribution is 7.94. The molecule has 1 aromatic carbocycles. The molecule has 2 rings (SSSR count). The molecule has 1 aromatic rings. The van der Waals surface area contributed by atoms with Gasteiger partial charge in [-0.1, -0.05) is 0 Å². The van der Waals surface area contributed by atoms with E-state index in [2.05, 4.69) is 5.32 Å². The molecule has 1 atom stereocenters. The molecule has 1 amide bonds. The standard InChI is InChI=1S/C12H13NO5S/c1-18-9-2-3-11(14)10(6-9)12(15)13-8-4-5-19(16,17)7-8/h2-6,8,14H,7H2,1H3,(H,13,15). The third-order valence-electron chi connectivity index (χ3n) is 2.69. The van der Waals surface area contributed by atoms with Crippen LogP contribution in [0.15, 0.2) is 29.7 Å². The Morgan fingerprint density at radius 1 is 1.47 bits per heavy atom. The Hall–Kier alpha value is -2.02. The van der Waals surface area contributed by atoms with Crippen LogP contribution in [0.2, 0.25) is 0 Å². The third-order valence-corrected chi connectivity index (χ3v) is 4.09. The van der Waals surface area contributed by atoms with E-state index >= 15 is 0 Å². The van der Waals surface area contributed by atoms with Crippen molar-refractivity contribution in [3.63, 3.8) is 0 Å². The predicted octanol–water partition coefficient (Wildman–Crippen LogP) is 0.441. The fourth-order valence-electron chi connectivity index (χ4n) is 1.74. The summed E-state index contributed by atoms with van der Waals surface area (Å²) in [5, 5.41) is 13.2. The van der Waals surface area contributed by atoms with Crippen LogP contribution >= 0.6 is 0 Å². The lowest BCUT2D eigenvalue weighted by Gasteiger charge is -2.11. The first-order chi connectivity index (χ1) is 8.91. The van der Waals surface area contributed by atoms with Crippen molar-refractivity contribution in [2.45, 2.75) is 6.04 Å². The molecule has 2 N–H and O–H groups in total. The van der Waals surface area contributed by atoms with Crippen molar-refractivity contribution in [1.29, 1.82) is 0 Å². The molecule has 0 saturated carbocycles. The van der Waals surface area contributed by atoms with Gasteiger partial charge in [0.2, 0.25) is 0 Å². The Balaban J connectivity index is 2.15. The summed E-state index contributed by atoms with van der Waals surface area (Å²) in [6.45, 7) is 0. The van der Waals surface area contributed by atoms with Gasteiger partial charge in [-0.25, -0.2) is 8.42 Å². The summed E-state index contributed by atoms with van der Waals surface area (Å²) in [4.78, 5) is 11.9. The average Bonchev–Trinajstić information content (AvgIpc) is 2.69. The van der Waals surface area contributed by atoms with Crippen LogP contribution in [0.4, 0.5) is 0 Å². The molecule has 0 saturated heterocycles. The maximum absolute atomic E-state index is 11.9. The predicted molar refractivity (Wildman–Crippen MR) is 68.8 cm³/mol. The Morgan fingerprint density at radius 3 is 2.79 bits per heavy atom. The monoisotopic (exact) mass is 283 g/mol. The Kier molecular flexibility index (Phi) is 3.48. The van der Waals surface area contributed by atoms with Crippen molar-refractivity contribution < 1.29 is 23.1 Å². The molecular formula is C12H13NO5S. The van der Waals surface area contributed by atoms with Crippen molar-refractivity contribution in [2.24, 2.45) is 0 Å². The number of methoxy groups -OCH3 is 1. The van der Waals surface area contributed by atoms with Gasteiger partial charge >= 0.3 is 0 Å². The van der Waals surface area contributed by atoms with E-state index in [0.717, 1.165) is 5.41 Å². The fraction of sp³-hybridized carbons (Fsp3) is 0.250. The molecule has 19 heavy (non-hydrogen) atoms. The number of hydrogen-bond donors (Lipinski definition) is 2. The molecule has 1 aliphatic heterocycles. The summed E-state index contributed by atoms with van der Waals surface area (Å²) in [6.07, 6.45) is 1.41. The van der Waals surface area contributed by atoms with E-state index in [-0.39, 0.29) is 17.1 Å². The second-order valence-corrected chi connectivity index (χ2v) is 6.05. The summed E-state index contributed by atoms with van der Waals surface area (Å²) in [7, 11) is -1.78. The second kappa shape index (κ2) is 4.93. The van der Waals surface area contributed by atoms with E-state index in [9.17, 15) is 18.3 Å². The summed E-state index contributed by atoms with van der Waals surface area (Å²) in [5.41, 5.74) is 0.0389. The van der Waals surface area contributed by atoms with Crippen LogP contribution in [0.3, 0.4) is 0 Å². The second-order valence-electron chi connectivity index (χ2n) is 4.12. The first-order valence-electron chi connectivity index (χ1n) is 5.50. The lowest BCUT2D eigenvalue weighted by Crippen LogP contribution is -2.35. The Labute approximate surface area is 110 Å². The smallest absolute Gasteiger partial charge is 0.255 e. The van der Waals surface area contributed by atoms with Crippen molar-refractivity contribution in [1.82, 2.24) is 5.32 Å². The number of phenolic OH excluding ortho intramolecular Hbond substituents is 1. The number of carbonyl (C=O) groups excluding carboxylic acids is 1. The van der Waals surface area contributed by atoms with Crippen molar-refractivity contribution in [2.75, 3.05) is 12.9 Å². The summed E-state index contributed by atoms with van der Waals surface area (Å²) >= 11 is 0. The number of rotatable bonds is 3. The molecule has 0 radical (unpaired) electrons. The van der Waals surface area contributed by atoms with Crippen LogP contribution in [-0.2, 0) is 9.84 Å². The topological polar surface area (TPSA) is 92.7 Å². The van der Waals surface area contributed by atoms with E-state index in [0.29, 0.717) is 5.75 Å². The van der Waals surface area contributed by atoms with Gasteiger partial charge in [0.05, 0.1) is 24.5 Å². The average molecular weight is 283 g/mol. The van der Waals surface area contributed by atoms with Gasteiger partial charge in [0.15, 0.2) is 9.84 Å². The first kappa shape index (κ1) is 13.4. The summed E-state index contributed by atoms with van der Waals surface area (Å²) in [5.74, 6) is -0.479. The van der Waals surface area contributed by atoms with Crippen molar-refractivity contribution in [3.05, 3.63) is 35.2 Å². The largest absolute Gasteiger partial charge is 0.507 e. The van der Waals surface area contributed by atoms with Crippen LogP contribution in [-0.4, -0.2) is 38.3 Å². The van der Waals surface area contributed by atoms with Crippen LogP contribution in [0.1, 0.15) is 10.4 Å². The summed E-state index contributed by atoms with van der Waals surface area (Å²) in [6, 6.07) is 3.67. The number of amides is 1. The molecule has 1 unspecified atom stereocenters. The molecule has 102 valence electrons. The highest BCUT2D eigenvalue weighted by atomic mass is 32.2. The normalized spacial score (nSPS) is 20.2. The minimum atomic E-state index is -3.23. The number of carbonyl (C=O) groups is 1. The SMILES string of the molecule is COc1ccc(O)c(C(=O)NC2C=CS(=O)(=O)C2)c1. The molecular weight excluding hydrogens is 270 g/mol. The highest BCUT2D eigenvalue weighted by Crippen LogP contribution is 2.23. The van der Waals surface area contributed by atoms with Gasteiger partial charge in [-0.05, 0) is 24.3 Å². The number of nitrogens with one attached hydrogen (secondary N) is 1. The third kappa shape index (κ3) is 3.05. The first-order valence-corrected chi connectivity index (χ1v) is 7.21. The maximum atomic E-state index is 11.9. The minimum absolute atomic E-state index is 0.0389. The zero-order valence-electron chi connectivity index (χ0n) is 10.2. The van der Waals surface area contributed by atoms with Crippen LogP contribution in [0.25, 0.3) is 0 Å². The van der Waals surface area contributed by atoms with Gasteiger partial charge < -0.3 is 15.2 Å². The molecule has 0 fully saturated rings.